The van der Waals surface area contributed by atoms with Crippen molar-refractivity contribution in [3.05, 3.63) is 47.5 Å². The Balaban J connectivity index is 0.00000676. The molecule has 0 atom stereocenters. The molecule has 0 radical (unpaired) electrons. The summed E-state index contributed by atoms with van der Waals surface area (Å²) in [6.45, 7) is 7.04. The largest absolute Gasteiger partial charge is 0.356 e. The fourth-order valence-corrected chi connectivity index (χ4v) is 2.03. The third kappa shape index (κ3) is 9.97. The highest BCUT2D eigenvalue weighted by atomic mass is 127. The summed E-state index contributed by atoms with van der Waals surface area (Å²) in [7, 11) is 5.01. The molecule has 3 N–H and O–H groups in total. The van der Waals surface area contributed by atoms with Gasteiger partial charge in [0.1, 0.15) is 6.54 Å². The van der Waals surface area contributed by atoms with Crippen LogP contribution < -0.4 is 16.0 Å². The molecule has 0 aromatic heterocycles. The van der Waals surface area contributed by atoms with Gasteiger partial charge in [-0.25, -0.2) is 4.99 Å². The number of nitrogens with one attached hydrogen (secondary N) is 3. The van der Waals surface area contributed by atoms with Crippen LogP contribution in [0, 0.1) is 0 Å². The average Bonchev–Trinajstić information content (AvgIpc) is 2.62. The van der Waals surface area contributed by atoms with E-state index in [0.29, 0.717) is 24.6 Å². The number of carbonyl (C=O) groups excluding carboxylic acids is 2. The fraction of sp³-hybridized carbons (Fsp3) is 0.421. The maximum Gasteiger partial charge on any atom is 0.251 e. The van der Waals surface area contributed by atoms with Crippen molar-refractivity contribution in [2.45, 2.75) is 13.3 Å². The molecule has 1 aromatic rings. The molecule has 0 aliphatic carbocycles. The van der Waals surface area contributed by atoms with Gasteiger partial charge >= 0.3 is 0 Å². The van der Waals surface area contributed by atoms with Crippen LogP contribution in [0.5, 0.6) is 0 Å². The summed E-state index contributed by atoms with van der Waals surface area (Å²) >= 11 is 0. The van der Waals surface area contributed by atoms with Crippen molar-refractivity contribution < 1.29 is 9.59 Å². The standard InChI is InChI=1S/C19H29N5O2.HI/c1-14(2)12-22-19(23-13-17(25)24(4)5)21-10-9-15-7-6-8-16(11-15)18(26)20-3;/h6-8,11H,1,9-10,12-13H2,2-5H3,(H,20,26)(H2,21,22,23);1H. The smallest absolute Gasteiger partial charge is 0.251 e. The first-order valence-corrected chi connectivity index (χ1v) is 8.51. The Kier molecular flexibility index (Phi) is 12.1. The van der Waals surface area contributed by atoms with E-state index in [4.69, 9.17) is 0 Å². The average molecular weight is 487 g/mol. The SMILES string of the molecule is C=C(C)CNC(=NCC(=O)N(C)C)NCCc1cccc(C(=O)NC)c1.I. The van der Waals surface area contributed by atoms with Crippen molar-refractivity contribution >= 4 is 41.8 Å². The fourth-order valence-electron chi connectivity index (χ4n) is 2.03. The Labute approximate surface area is 178 Å². The van der Waals surface area contributed by atoms with Gasteiger partial charge in [-0.2, -0.15) is 0 Å². The molecule has 0 fully saturated rings. The van der Waals surface area contributed by atoms with E-state index in [-0.39, 0.29) is 42.3 Å². The van der Waals surface area contributed by atoms with E-state index in [1.54, 1.807) is 27.2 Å². The van der Waals surface area contributed by atoms with E-state index in [1.165, 1.54) is 4.90 Å². The molecule has 1 aromatic carbocycles. The van der Waals surface area contributed by atoms with Gasteiger partial charge in [-0.3, -0.25) is 9.59 Å². The van der Waals surface area contributed by atoms with Gasteiger partial charge in [0.25, 0.3) is 5.91 Å². The van der Waals surface area contributed by atoms with E-state index in [1.807, 2.05) is 25.1 Å². The lowest BCUT2D eigenvalue weighted by atomic mass is 10.1. The number of aliphatic imine (C=N–C) groups is 1. The van der Waals surface area contributed by atoms with E-state index in [2.05, 4.69) is 27.5 Å². The number of amides is 2. The van der Waals surface area contributed by atoms with Crippen molar-refractivity contribution in [1.82, 2.24) is 20.9 Å². The normalized spacial score (nSPS) is 10.4. The maximum absolute atomic E-state index is 11.7. The summed E-state index contributed by atoms with van der Waals surface area (Å²) in [5.41, 5.74) is 2.65. The topological polar surface area (TPSA) is 85.8 Å². The van der Waals surface area contributed by atoms with E-state index >= 15 is 0 Å². The number of nitrogens with zero attached hydrogens (tertiary/aromatic N) is 2. The van der Waals surface area contributed by atoms with Crippen LogP contribution in [0.1, 0.15) is 22.8 Å². The van der Waals surface area contributed by atoms with Crippen molar-refractivity contribution in [3.8, 4) is 0 Å². The number of carbonyl (C=O) groups is 2. The zero-order valence-electron chi connectivity index (χ0n) is 16.5. The number of guanidine groups is 1. The van der Waals surface area contributed by atoms with Crippen LogP contribution >= 0.6 is 24.0 Å². The molecule has 0 aliphatic heterocycles. The van der Waals surface area contributed by atoms with Gasteiger partial charge in [0.2, 0.25) is 5.91 Å². The lowest BCUT2D eigenvalue weighted by Crippen LogP contribution is -2.40. The molecule has 0 saturated heterocycles. The Morgan fingerprint density at radius 1 is 1.22 bits per heavy atom. The molecule has 0 spiro atoms. The van der Waals surface area contributed by atoms with E-state index in [9.17, 15) is 9.59 Å². The predicted molar refractivity (Wildman–Crippen MR) is 121 cm³/mol. The van der Waals surface area contributed by atoms with E-state index < -0.39 is 0 Å². The number of hydrogen-bond acceptors (Lipinski definition) is 3. The number of likely N-dealkylation sites (N-methyl/N-ethyl adjacent to an activating group) is 1. The third-order valence-corrected chi connectivity index (χ3v) is 3.55. The Morgan fingerprint density at radius 3 is 2.52 bits per heavy atom. The molecule has 7 nitrogen and oxygen atoms in total. The van der Waals surface area contributed by atoms with Gasteiger partial charge in [0, 0.05) is 39.8 Å². The molecule has 0 aliphatic rings. The molecule has 150 valence electrons. The minimum atomic E-state index is -0.104. The second-order valence-electron chi connectivity index (χ2n) is 6.22. The first kappa shape index (κ1) is 24.9. The first-order valence-electron chi connectivity index (χ1n) is 8.51. The molecule has 0 saturated carbocycles. The van der Waals surface area contributed by atoms with Gasteiger partial charge in [0.05, 0.1) is 0 Å². The summed E-state index contributed by atoms with van der Waals surface area (Å²) < 4.78 is 0. The van der Waals surface area contributed by atoms with E-state index in [0.717, 1.165) is 17.6 Å². The summed E-state index contributed by atoms with van der Waals surface area (Å²) in [4.78, 5) is 29.2. The van der Waals surface area contributed by atoms with Gasteiger partial charge in [-0.15, -0.1) is 24.0 Å². The van der Waals surface area contributed by atoms with Crippen LogP contribution in [0.3, 0.4) is 0 Å². The number of halogens is 1. The highest BCUT2D eigenvalue weighted by Crippen LogP contribution is 2.05. The maximum atomic E-state index is 11.7. The monoisotopic (exact) mass is 487 g/mol. The molecular weight excluding hydrogens is 457 g/mol. The number of rotatable bonds is 8. The second-order valence-corrected chi connectivity index (χ2v) is 6.22. The zero-order chi connectivity index (χ0) is 19.5. The van der Waals surface area contributed by atoms with Crippen LogP contribution in [0.25, 0.3) is 0 Å². The van der Waals surface area contributed by atoms with Crippen LogP contribution in [0.4, 0.5) is 0 Å². The summed E-state index contributed by atoms with van der Waals surface area (Å²) in [5.74, 6) is 0.387. The Morgan fingerprint density at radius 2 is 1.93 bits per heavy atom. The van der Waals surface area contributed by atoms with Gasteiger partial charge in [-0.1, -0.05) is 24.3 Å². The minimum absolute atomic E-state index is 0. The van der Waals surface area contributed by atoms with Crippen LogP contribution in [-0.4, -0.2) is 63.5 Å². The Bertz CT molecular complexity index is 674. The van der Waals surface area contributed by atoms with Crippen molar-refractivity contribution in [1.29, 1.82) is 0 Å². The molecule has 0 heterocycles. The molecule has 8 heteroatoms. The molecule has 2 amide bonds. The van der Waals surface area contributed by atoms with Crippen LogP contribution in [0.15, 0.2) is 41.4 Å². The number of benzene rings is 1. The highest BCUT2D eigenvalue weighted by Gasteiger charge is 2.06. The lowest BCUT2D eigenvalue weighted by Gasteiger charge is -2.14. The highest BCUT2D eigenvalue weighted by molar-refractivity contribution is 14.0. The quantitative estimate of drug-likeness (QED) is 0.224. The van der Waals surface area contributed by atoms with Crippen LogP contribution in [0.2, 0.25) is 0 Å². The predicted octanol–water partition coefficient (Wildman–Crippen LogP) is 1.41. The zero-order valence-corrected chi connectivity index (χ0v) is 18.8. The van der Waals surface area contributed by atoms with Crippen molar-refractivity contribution in [3.63, 3.8) is 0 Å². The minimum Gasteiger partial charge on any atom is -0.356 e. The third-order valence-electron chi connectivity index (χ3n) is 3.55. The summed E-state index contributed by atoms with van der Waals surface area (Å²) in [6, 6.07) is 7.49. The molecule has 0 bridgehead atoms. The molecule has 27 heavy (non-hydrogen) atoms. The second kappa shape index (κ2) is 13.1. The van der Waals surface area contributed by atoms with Gasteiger partial charge in [0.15, 0.2) is 5.96 Å². The number of hydrogen-bond donors (Lipinski definition) is 3. The van der Waals surface area contributed by atoms with Crippen molar-refractivity contribution in [2.75, 3.05) is 40.8 Å². The molecule has 1 rings (SSSR count). The van der Waals surface area contributed by atoms with Gasteiger partial charge < -0.3 is 20.9 Å². The Hall–Kier alpha value is -2.10. The lowest BCUT2D eigenvalue weighted by molar-refractivity contribution is -0.127. The van der Waals surface area contributed by atoms with Crippen LogP contribution in [-0.2, 0) is 11.2 Å². The molecule has 0 unspecified atom stereocenters. The first-order chi connectivity index (χ1) is 12.3. The van der Waals surface area contributed by atoms with Gasteiger partial charge in [-0.05, 0) is 31.0 Å². The molecular formula is C19H30IN5O2. The summed E-state index contributed by atoms with van der Waals surface area (Å²) in [6.07, 6.45) is 0.722. The van der Waals surface area contributed by atoms with Crippen molar-refractivity contribution in [2.24, 2.45) is 4.99 Å². The summed E-state index contributed by atoms with van der Waals surface area (Å²) in [5, 5.41) is 8.97.